The lowest BCUT2D eigenvalue weighted by atomic mass is 10.1. The van der Waals surface area contributed by atoms with E-state index < -0.39 is 10.0 Å². The number of aromatic amines is 1. The summed E-state index contributed by atoms with van der Waals surface area (Å²) in [5.41, 5.74) is 1.73. The van der Waals surface area contributed by atoms with Crippen LogP contribution in [0.25, 0.3) is 11.0 Å². The minimum absolute atomic E-state index is 0.111. The molecule has 1 aromatic carbocycles. The Morgan fingerprint density at radius 3 is 2.65 bits per heavy atom. The van der Waals surface area contributed by atoms with Crippen molar-refractivity contribution in [3.05, 3.63) is 53.2 Å². The number of primary sulfonamides is 1. The lowest BCUT2D eigenvalue weighted by molar-refractivity contribution is 0.598. The Hall–Kier alpha value is -2.09. The molecule has 8 heteroatoms. The largest absolute Gasteiger partial charge is 0.370 e. The van der Waals surface area contributed by atoms with Gasteiger partial charge in [0.25, 0.3) is 0 Å². The zero-order chi connectivity index (χ0) is 16.4. The van der Waals surface area contributed by atoms with Gasteiger partial charge in [0.05, 0.1) is 9.92 Å². The van der Waals surface area contributed by atoms with Crippen LogP contribution in [0.1, 0.15) is 5.56 Å². The molecule has 6 nitrogen and oxygen atoms in total. The number of nitrogens with zero attached hydrogens (tertiary/aromatic N) is 1. The Kier molecular flexibility index (Phi) is 4.25. The van der Waals surface area contributed by atoms with E-state index in [2.05, 4.69) is 15.3 Å². The Labute approximate surface area is 138 Å². The maximum absolute atomic E-state index is 11.2. The van der Waals surface area contributed by atoms with Crippen molar-refractivity contribution in [3.8, 4) is 0 Å². The number of benzene rings is 1. The molecule has 0 aliphatic carbocycles. The average Bonchev–Trinajstić information content (AvgIpc) is 2.96. The molecule has 0 fully saturated rings. The molecule has 4 N–H and O–H groups in total. The summed E-state index contributed by atoms with van der Waals surface area (Å²) in [4.78, 5) is 7.56. The van der Waals surface area contributed by atoms with Gasteiger partial charge >= 0.3 is 0 Å². The standard InChI is InChI=1S/C15H15ClN4O2S/c16-13-9-14(20-15-12(13)6-8-19-15)18-7-5-10-1-3-11(4-2-10)23(17,21)22/h1-4,6,8-9H,5,7H2,(H2,17,21,22)(H2,18,19,20). The molecule has 0 radical (unpaired) electrons. The molecule has 0 amide bonds. The van der Waals surface area contributed by atoms with Crippen molar-refractivity contribution in [3.63, 3.8) is 0 Å². The Morgan fingerprint density at radius 2 is 1.96 bits per heavy atom. The van der Waals surface area contributed by atoms with Gasteiger partial charge < -0.3 is 10.3 Å². The van der Waals surface area contributed by atoms with Gasteiger partial charge in [-0.05, 0) is 36.2 Å². The van der Waals surface area contributed by atoms with Gasteiger partial charge in [0, 0.05) is 18.1 Å². The highest BCUT2D eigenvalue weighted by atomic mass is 35.5. The minimum Gasteiger partial charge on any atom is -0.370 e. The lowest BCUT2D eigenvalue weighted by Gasteiger charge is -2.07. The number of rotatable bonds is 5. The van der Waals surface area contributed by atoms with Crippen LogP contribution in [0, 0.1) is 0 Å². The van der Waals surface area contributed by atoms with Crippen LogP contribution < -0.4 is 10.5 Å². The second-order valence-electron chi connectivity index (χ2n) is 5.10. The molecule has 0 aliphatic heterocycles. The molecule has 3 aromatic rings. The van der Waals surface area contributed by atoms with Crippen LogP contribution in [-0.2, 0) is 16.4 Å². The number of aromatic nitrogens is 2. The van der Waals surface area contributed by atoms with E-state index in [1.165, 1.54) is 12.1 Å². The maximum Gasteiger partial charge on any atom is 0.238 e. The first-order valence-corrected chi connectivity index (χ1v) is 8.85. The number of hydrogen-bond acceptors (Lipinski definition) is 4. The van der Waals surface area contributed by atoms with Gasteiger partial charge in [0.15, 0.2) is 0 Å². The van der Waals surface area contributed by atoms with Gasteiger partial charge in [0.1, 0.15) is 11.5 Å². The molecule has 0 saturated heterocycles. The molecule has 0 spiro atoms. The Morgan fingerprint density at radius 1 is 1.22 bits per heavy atom. The summed E-state index contributed by atoms with van der Waals surface area (Å²) < 4.78 is 22.4. The topological polar surface area (TPSA) is 101 Å². The van der Waals surface area contributed by atoms with E-state index in [1.54, 1.807) is 24.4 Å². The molecular weight excluding hydrogens is 336 g/mol. The van der Waals surface area contributed by atoms with E-state index >= 15 is 0 Å². The van der Waals surface area contributed by atoms with E-state index in [-0.39, 0.29) is 4.90 Å². The number of halogens is 1. The summed E-state index contributed by atoms with van der Waals surface area (Å²) in [6.45, 7) is 0.643. The van der Waals surface area contributed by atoms with E-state index in [1.807, 2.05) is 6.07 Å². The number of nitrogens with two attached hydrogens (primary N) is 1. The molecule has 0 atom stereocenters. The second kappa shape index (κ2) is 6.19. The third-order valence-corrected chi connectivity index (χ3v) is 4.69. The van der Waals surface area contributed by atoms with Gasteiger partial charge in [-0.2, -0.15) is 0 Å². The number of nitrogens with one attached hydrogen (secondary N) is 2. The molecule has 0 aliphatic rings. The van der Waals surface area contributed by atoms with Crippen molar-refractivity contribution in [2.75, 3.05) is 11.9 Å². The van der Waals surface area contributed by atoms with Gasteiger partial charge in [-0.15, -0.1) is 0 Å². The van der Waals surface area contributed by atoms with Gasteiger partial charge in [-0.25, -0.2) is 18.5 Å². The number of anilines is 1. The first-order valence-electron chi connectivity index (χ1n) is 6.93. The highest BCUT2D eigenvalue weighted by Crippen LogP contribution is 2.24. The molecule has 0 saturated carbocycles. The highest BCUT2D eigenvalue weighted by Gasteiger charge is 2.07. The summed E-state index contributed by atoms with van der Waals surface area (Å²) in [7, 11) is -3.65. The summed E-state index contributed by atoms with van der Waals surface area (Å²) >= 11 is 6.19. The van der Waals surface area contributed by atoms with Crippen molar-refractivity contribution in [1.29, 1.82) is 0 Å². The van der Waals surface area contributed by atoms with E-state index in [0.29, 0.717) is 23.8 Å². The molecule has 2 heterocycles. The van der Waals surface area contributed by atoms with Crippen molar-refractivity contribution >= 4 is 38.5 Å². The highest BCUT2D eigenvalue weighted by molar-refractivity contribution is 7.89. The Balaban J connectivity index is 1.64. The minimum atomic E-state index is -3.65. The van der Waals surface area contributed by atoms with Crippen molar-refractivity contribution in [1.82, 2.24) is 9.97 Å². The van der Waals surface area contributed by atoms with Crippen molar-refractivity contribution < 1.29 is 8.42 Å². The summed E-state index contributed by atoms with van der Waals surface area (Å²) in [5.74, 6) is 0.686. The number of sulfonamides is 1. The van der Waals surface area contributed by atoms with Crippen LogP contribution in [0.4, 0.5) is 5.82 Å². The third-order valence-electron chi connectivity index (χ3n) is 3.45. The van der Waals surface area contributed by atoms with Crippen LogP contribution in [0.15, 0.2) is 47.5 Å². The second-order valence-corrected chi connectivity index (χ2v) is 7.06. The summed E-state index contributed by atoms with van der Waals surface area (Å²) in [6.07, 6.45) is 2.51. The number of H-pyrrole nitrogens is 1. The van der Waals surface area contributed by atoms with Crippen LogP contribution in [0.3, 0.4) is 0 Å². The van der Waals surface area contributed by atoms with Crippen LogP contribution in [0.5, 0.6) is 0 Å². The van der Waals surface area contributed by atoms with Gasteiger partial charge in [-0.1, -0.05) is 23.7 Å². The fraction of sp³-hybridized carbons (Fsp3) is 0.133. The monoisotopic (exact) mass is 350 g/mol. The van der Waals surface area contributed by atoms with E-state index in [4.69, 9.17) is 16.7 Å². The summed E-state index contributed by atoms with van der Waals surface area (Å²) in [5, 5.41) is 9.79. The maximum atomic E-state index is 11.2. The number of pyridine rings is 1. The SMILES string of the molecule is NS(=O)(=O)c1ccc(CCNc2cc(Cl)c3cc[nH]c3n2)cc1. The third kappa shape index (κ3) is 3.64. The molecule has 0 unspecified atom stereocenters. The van der Waals surface area contributed by atoms with Crippen molar-refractivity contribution in [2.45, 2.75) is 11.3 Å². The zero-order valence-corrected chi connectivity index (χ0v) is 13.7. The predicted molar refractivity (Wildman–Crippen MR) is 91.1 cm³/mol. The van der Waals surface area contributed by atoms with Crippen molar-refractivity contribution in [2.24, 2.45) is 5.14 Å². The molecule has 23 heavy (non-hydrogen) atoms. The molecule has 3 rings (SSSR count). The molecular formula is C15H15ClN4O2S. The average molecular weight is 351 g/mol. The predicted octanol–water partition coefficient (Wildman–Crippen LogP) is 2.52. The fourth-order valence-corrected chi connectivity index (χ4v) is 3.04. The van der Waals surface area contributed by atoms with Crippen LogP contribution in [0.2, 0.25) is 5.02 Å². The van der Waals surface area contributed by atoms with Gasteiger partial charge in [0.2, 0.25) is 10.0 Å². The molecule has 120 valence electrons. The normalized spacial score (nSPS) is 11.7. The molecule has 2 aromatic heterocycles. The quantitative estimate of drug-likeness (QED) is 0.658. The smallest absolute Gasteiger partial charge is 0.238 e. The fourth-order valence-electron chi connectivity index (χ4n) is 2.27. The first kappa shape index (κ1) is 15.8. The zero-order valence-electron chi connectivity index (χ0n) is 12.1. The number of hydrogen-bond donors (Lipinski definition) is 3. The molecule has 0 bridgehead atoms. The van der Waals surface area contributed by atoms with E-state index in [9.17, 15) is 8.42 Å². The first-order chi connectivity index (χ1) is 10.9. The van der Waals surface area contributed by atoms with Crippen LogP contribution >= 0.6 is 11.6 Å². The van der Waals surface area contributed by atoms with Gasteiger partial charge in [-0.3, -0.25) is 0 Å². The Bertz CT molecular complexity index is 936. The van der Waals surface area contributed by atoms with E-state index in [0.717, 1.165) is 16.6 Å². The summed E-state index contributed by atoms with van der Waals surface area (Å²) in [6, 6.07) is 10.2. The lowest BCUT2D eigenvalue weighted by Crippen LogP contribution is -2.12. The number of fused-ring (bicyclic) bond motifs is 1. The van der Waals surface area contributed by atoms with Crippen LogP contribution in [-0.4, -0.2) is 24.9 Å².